The Morgan fingerprint density at radius 1 is 1.00 bits per heavy atom. The van der Waals surface area contributed by atoms with Crippen LogP contribution in [0.4, 0.5) is 0 Å². The van der Waals surface area contributed by atoms with E-state index in [2.05, 4.69) is 11.6 Å². The summed E-state index contributed by atoms with van der Waals surface area (Å²) in [4.78, 5) is 2.18. The van der Waals surface area contributed by atoms with Gasteiger partial charge in [0.2, 0.25) is 10.0 Å². The third-order valence-electron chi connectivity index (χ3n) is 4.49. The van der Waals surface area contributed by atoms with Crippen molar-refractivity contribution in [1.29, 1.82) is 0 Å². The van der Waals surface area contributed by atoms with Crippen LogP contribution in [-0.4, -0.2) is 34.0 Å². The zero-order chi connectivity index (χ0) is 20.7. The van der Waals surface area contributed by atoms with Crippen molar-refractivity contribution in [3.63, 3.8) is 0 Å². The van der Waals surface area contributed by atoms with E-state index in [1.165, 1.54) is 12.8 Å². The third-order valence-corrected chi connectivity index (χ3v) is 6.72. The summed E-state index contributed by atoms with van der Waals surface area (Å²) in [5, 5.41) is 0.842. The highest BCUT2D eigenvalue weighted by Gasteiger charge is 2.22. The van der Waals surface area contributed by atoms with Crippen molar-refractivity contribution in [1.82, 2.24) is 9.62 Å². The van der Waals surface area contributed by atoms with Crippen molar-refractivity contribution in [2.75, 3.05) is 20.6 Å². The van der Waals surface area contributed by atoms with Crippen molar-refractivity contribution in [3.05, 3.63) is 63.6 Å². The lowest BCUT2D eigenvalue weighted by Crippen LogP contribution is -2.35. The fraction of sp³-hybridized carbons (Fsp3) is 0.429. The number of sulfonamides is 1. The van der Waals surface area contributed by atoms with Crippen LogP contribution in [0.5, 0.6) is 0 Å². The van der Waals surface area contributed by atoms with Crippen molar-refractivity contribution in [2.24, 2.45) is 0 Å². The van der Waals surface area contributed by atoms with Gasteiger partial charge < -0.3 is 4.90 Å². The summed E-state index contributed by atoms with van der Waals surface area (Å²) in [5.74, 6) is 0. The summed E-state index contributed by atoms with van der Waals surface area (Å²) in [7, 11) is 0.115. The average Bonchev–Trinajstić information content (AvgIpc) is 2.63. The van der Waals surface area contributed by atoms with Gasteiger partial charge >= 0.3 is 0 Å². The SMILES string of the molecule is CCCCCc1ccc(S(=O)(=O)NC(CN(C)C)c2ccc(Cl)c(Cl)c2)cc1. The molecule has 0 heterocycles. The largest absolute Gasteiger partial charge is 0.307 e. The van der Waals surface area contributed by atoms with E-state index in [4.69, 9.17) is 23.2 Å². The first kappa shape index (κ1) is 23.2. The van der Waals surface area contributed by atoms with E-state index in [0.29, 0.717) is 16.6 Å². The number of nitrogens with one attached hydrogen (secondary N) is 1. The van der Waals surface area contributed by atoms with Crippen molar-refractivity contribution in [3.8, 4) is 0 Å². The van der Waals surface area contributed by atoms with E-state index < -0.39 is 16.1 Å². The van der Waals surface area contributed by atoms with E-state index >= 15 is 0 Å². The first-order valence-electron chi connectivity index (χ1n) is 9.44. The van der Waals surface area contributed by atoms with Crippen LogP contribution in [0.15, 0.2) is 47.4 Å². The molecule has 2 aromatic rings. The fourth-order valence-corrected chi connectivity index (χ4v) is 4.50. The molecule has 28 heavy (non-hydrogen) atoms. The Labute approximate surface area is 178 Å². The highest BCUT2D eigenvalue weighted by molar-refractivity contribution is 7.89. The molecule has 0 saturated carbocycles. The molecule has 0 saturated heterocycles. The van der Waals surface area contributed by atoms with E-state index in [9.17, 15) is 8.42 Å². The highest BCUT2D eigenvalue weighted by Crippen LogP contribution is 2.27. The van der Waals surface area contributed by atoms with Crippen LogP contribution < -0.4 is 4.72 Å². The molecule has 0 fully saturated rings. The number of aryl methyl sites for hydroxylation is 1. The number of halogens is 2. The molecule has 0 aliphatic heterocycles. The van der Waals surface area contributed by atoms with E-state index in [1.54, 1.807) is 30.3 Å². The third kappa shape index (κ3) is 6.75. The van der Waals surface area contributed by atoms with Gasteiger partial charge in [-0.25, -0.2) is 13.1 Å². The number of likely N-dealkylation sites (N-methyl/N-ethyl adjacent to an activating group) is 1. The summed E-state index contributed by atoms with van der Waals surface area (Å²) < 4.78 is 28.7. The first-order valence-corrected chi connectivity index (χ1v) is 11.7. The molecule has 2 rings (SSSR count). The van der Waals surface area contributed by atoms with Gasteiger partial charge in [0, 0.05) is 6.54 Å². The van der Waals surface area contributed by atoms with Crippen LogP contribution in [0.2, 0.25) is 10.0 Å². The second-order valence-electron chi connectivity index (χ2n) is 7.21. The number of benzene rings is 2. The maximum absolute atomic E-state index is 12.9. The van der Waals surface area contributed by atoms with Crippen LogP contribution >= 0.6 is 23.2 Å². The summed E-state index contributed by atoms with van der Waals surface area (Å²) in [6.07, 6.45) is 4.42. The maximum atomic E-state index is 12.9. The Hall–Kier alpha value is -1.11. The molecule has 154 valence electrons. The summed E-state index contributed by atoms with van der Waals surface area (Å²) >= 11 is 12.1. The van der Waals surface area contributed by atoms with Crippen molar-refractivity contribution < 1.29 is 8.42 Å². The Balaban J connectivity index is 2.20. The van der Waals surface area contributed by atoms with Gasteiger partial charge in [0.05, 0.1) is 21.0 Å². The van der Waals surface area contributed by atoms with Gasteiger partial charge in [0.15, 0.2) is 0 Å². The highest BCUT2D eigenvalue weighted by atomic mass is 35.5. The Morgan fingerprint density at radius 2 is 1.68 bits per heavy atom. The quantitative estimate of drug-likeness (QED) is 0.507. The van der Waals surface area contributed by atoms with Gasteiger partial charge in [-0.2, -0.15) is 0 Å². The molecule has 0 spiro atoms. The van der Waals surface area contributed by atoms with Crippen molar-refractivity contribution >= 4 is 33.2 Å². The lowest BCUT2D eigenvalue weighted by molar-refractivity contribution is 0.363. The Kier molecular flexibility index (Phi) is 8.78. The van der Waals surface area contributed by atoms with Crippen LogP contribution in [0, 0.1) is 0 Å². The fourth-order valence-electron chi connectivity index (χ4n) is 2.97. The zero-order valence-electron chi connectivity index (χ0n) is 16.6. The molecule has 0 bridgehead atoms. The topological polar surface area (TPSA) is 49.4 Å². The van der Waals surface area contributed by atoms with Crippen LogP contribution in [0.25, 0.3) is 0 Å². The smallest absolute Gasteiger partial charge is 0.241 e. The minimum absolute atomic E-state index is 0.260. The molecule has 0 amide bonds. The van der Waals surface area contributed by atoms with Crippen molar-refractivity contribution in [2.45, 2.75) is 43.5 Å². The van der Waals surface area contributed by atoms with Gasteiger partial charge in [-0.05, 0) is 62.3 Å². The lowest BCUT2D eigenvalue weighted by Gasteiger charge is -2.23. The second kappa shape index (κ2) is 10.6. The summed E-state index contributed by atoms with van der Waals surface area (Å²) in [6, 6.07) is 11.9. The number of nitrogens with zero attached hydrogens (tertiary/aromatic N) is 1. The first-order chi connectivity index (χ1) is 13.2. The van der Waals surface area contributed by atoms with E-state index in [-0.39, 0.29) is 4.90 Å². The summed E-state index contributed by atoms with van der Waals surface area (Å²) in [6.45, 7) is 2.66. The van der Waals surface area contributed by atoms with Gasteiger partial charge in [-0.15, -0.1) is 0 Å². The predicted molar refractivity (Wildman–Crippen MR) is 118 cm³/mol. The molecule has 1 N–H and O–H groups in total. The van der Waals surface area contributed by atoms with Crippen LogP contribution in [-0.2, 0) is 16.4 Å². The number of hydrogen-bond donors (Lipinski definition) is 1. The van der Waals surface area contributed by atoms with Gasteiger partial charge in [0.25, 0.3) is 0 Å². The van der Waals surface area contributed by atoms with Gasteiger partial charge in [0.1, 0.15) is 0 Å². The molecule has 0 radical (unpaired) electrons. The molecule has 0 aromatic heterocycles. The minimum atomic E-state index is -3.67. The normalized spacial score (nSPS) is 13.1. The molecule has 4 nitrogen and oxygen atoms in total. The Bertz CT molecular complexity index is 868. The zero-order valence-corrected chi connectivity index (χ0v) is 18.9. The number of hydrogen-bond acceptors (Lipinski definition) is 3. The predicted octanol–water partition coefficient (Wildman–Crippen LogP) is 5.31. The second-order valence-corrected chi connectivity index (χ2v) is 9.74. The van der Waals surface area contributed by atoms with Gasteiger partial charge in [-0.1, -0.05) is 61.2 Å². The molecule has 1 unspecified atom stereocenters. The van der Waals surface area contributed by atoms with Crippen LogP contribution in [0.1, 0.15) is 43.4 Å². The van der Waals surface area contributed by atoms with E-state index in [0.717, 1.165) is 24.0 Å². The molecule has 0 aliphatic carbocycles. The lowest BCUT2D eigenvalue weighted by atomic mass is 10.1. The Morgan fingerprint density at radius 3 is 2.25 bits per heavy atom. The monoisotopic (exact) mass is 442 g/mol. The molecule has 7 heteroatoms. The van der Waals surface area contributed by atoms with Gasteiger partial charge in [-0.3, -0.25) is 0 Å². The number of unbranched alkanes of at least 4 members (excludes halogenated alkanes) is 2. The summed E-state index contributed by atoms with van der Waals surface area (Å²) in [5.41, 5.74) is 1.92. The molecule has 1 atom stereocenters. The minimum Gasteiger partial charge on any atom is -0.307 e. The average molecular weight is 443 g/mol. The van der Waals surface area contributed by atoms with Crippen LogP contribution in [0.3, 0.4) is 0 Å². The maximum Gasteiger partial charge on any atom is 0.241 e. The molecule has 0 aliphatic rings. The van der Waals surface area contributed by atoms with E-state index in [1.807, 2.05) is 31.1 Å². The molecular weight excluding hydrogens is 415 g/mol. The molecular formula is C21H28Cl2N2O2S. The standard InChI is InChI=1S/C21H28Cl2N2O2S/c1-4-5-6-7-16-8-11-18(12-9-16)28(26,27)24-21(15-25(2)3)17-10-13-19(22)20(23)14-17/h8-14,21,24H,4-7,15H2,1-3H3. The number of rotatable bonds is 10. The molecule has 2 aromatic carbocycles.